The molecule has 1 fully saturated rings. The van der Waals surface area contributed by atoms with Gasteiger partial charge in [-0.25, -0.2) is 0 Å². The Balaban J connectivity index is 1.54. The van der Waals surface area contributed by atoms with Crippen molar-refractivity contribution < 1.29 is 28.0 Å². The molecule has 1 aliphatic rings. The van der Waals surface area contributed by atoms with Crippen LogP contribution in [0.3, 0.4) is 0 Å². The van der Waals surface area contributed by atoms with Crippen LogP contribution in [0.2, 0.25) is 0 Å². The summed E-state index contributed by atoms with van der Waals surface area (Å²) >= 11 is 7.26. The molecule has 9 heteroatoms. The summed E-state index contributed by atoms with van der Waals surface area (Å²) in [5, 5.41) is 0. The van der Waals surface area contributed by atoms with Crippen molar-refractivity contribution >= 4 is 28.9 Å². The quantitative estimate of drug-likeness (QED) is 0.164. The van der Waals surface area contributed by atoms with E-state index in [2.05, 4.69) is 0 Å². The molecule has 1 heterocycles. The van der Waals surface area contributed by atoms with Crippen LogP contribution in [0.15, 0.2) is 91.0 Å². The van der Waals surface area contributed by atoms with Crippen LogP contribution in [0.4, 0.5) is 0 Å². The van der Waals surface area contributed by atoms with E-state index in [4.69, 9.17) is 39.8 Å². The van der Waals surface area contributed by atoms with E-state index in [0.29, 0.717) is 39.6 Å². The zero-order valence-electron chi connectivity index (χ0n) is 22.4. The van der Waals surface area contributed by atoms with Gasteiger partial charge in [-0.2, -0.15) is 0 Å². The van der Waals surface area contributed by atoms with Gasteiger partial charge in [0.1, 0.15) is 23.7 Å². The molecule has 0 radical (unpaired) electrons. The lowest BCUT2D eigenvalue weighted by molar-refractivity contribution is -0.0895. The number of ether oxygens (including phenoxy) is 4. The second-order valence-electron chi connectivity index (χ2n) is 8.95. The Hall–Kier alpha value is -1.58. The predicted octanol–water partition coefficient (Wildman–Crippen LogP) is 7.13. The second kappa shape index (κ2) is 16.0. The van der Waals surface area contributed by atoms with Crippen molar-refractivity contribution in [3.05, 3.63) is 108 Å². The molecular formula is C30H37O6PS2. The lowest BCUT2D eigenvalue weighted by Crippen LogP contribution is -2.38. The molecule has 4 atom stereocenters. The van der Waals surface area contributed by atoms with Crippen LogP contribution in [-0.2, 0) is 59.6 Å². The van der Waals surface area contributed by atoms with E-state index in [-0.39, 0.29) is 12.2 Å². The largest absolute Gasteiger partial charge is 0.374 e. The minimum absolute atomic E-state index is 0.350. The Morgan fingerprint density at radius 1 is 0.692 bits per heavy atom. The first-order chi connectivity index (χ1) is 19.1. The van der Waals surface area contributed by atoms with Gasteiger partial charge in [-0.3, -0.25) is 0 Å². The lowest BCUT2D eigenvalue weighted by atomic mass is 10.1. The minimum atomic E-state index is -2.66. The summed E-state index contributed by atoms with van der Waals surface area (Å²) < 4.78 is 37.6. The molecule has 6 nitrogen and oxygen atoms in total. The van der Waals surface area contributed by atoms with E-state index in [1.165, 1.54) is 11.4 Å². The summed E-state index contributed by atoms with van der Waals surface area (Å²) in [7, 11) is 0. The highest BCUT2D eigenvalue weighted by Gasteiger charge is 2.49. The van der Waals surface area contributed by atoms with E-state index in [0.717, 1.165) is 16.7 Å². The molecule has 3 aromatic rings. The molecule has 1 saturated heterocycles. The molecular weight excluding hydrogens is 551 g/mol. The first-order valence-electron chi connectivity index (χ1n) is 13.3. The molecule has 4 rings (SSSR count). The smallest absolute Gasteiger partial charge is 0.249 e. The van der Waals surface area contributed by atoms with E-state index >= 15 is 0 Å². The number of rotatable bonds is 16. The summed E-state index contributed by atoms with van der Waals surface area (Å²) in [4.78, 5) is 0. The molecule has 0 saturated carbocycles. The fourth-order valence-corrected chi connectivity index (χ4v) is 9.53. The maximum atomic E-state index is 6.58. The van der Waals surface area contributed by atoms with Crippen molar-refractivity contribution in [2.24, 2.45) is 0 Å². The molecule has 0 aliphatic carbocycles. The van der Waals surface area contributed by atoms with Gasteiger partial charge in [0.05, 0.1) is 39.6 Å². The summed E-state index contributed by atoms with van der Waals surface area (Å²) in [5.41, 5.74) is 0.150. The van der Waals surface area contributed by atoms with Crippen LogP contribution in [-0.4, -0.2) is 43.6 Å². The van der Waals surface area contributed by atoms with E-state index in [1.807, 2.05) is 105 Å². The van der Waals surface area contributed by atoms with E-state index in [1.54, 1.807) is 0 Å². The van der Waals surface area contributed by atoms with Crippen molar-refractivity contribution in [1.29, 1.82) is 0 Å². The Bertz CT molecular complexity index is 1130. The SMILES string of the molecule is CCOP(=S)(OCC)S[C@H]1O[C@H](COCc2ccccc2)[C@@H](OCc2ccccc2)[C@H]1OCc1ccccc1. The minimum Gasteiger partial charge on any atom is -0.374 e. The van der Waals surface area contributed by atoms with Crippen molar-refractivity contribution in [3.63, 3.8) is 0 Å². The van der Waals surface area contributed by atoms with Crippen molar-refractivity contribution in [2.45, 2.75) is 57.4 Å². The molecule has 0 amide bonds. The van der Waals surface area contributed by atoms with Crippen LogP contribution < -0.4 is 0 Å². The van der Waals surface area contributed by atoms with Gasteiger partial charge in [-0.15, -0.1) is 0 Å². The average molecular weight is 589 g/mol. The van der Waals surface area contributed by atoms with Crippen molar-refractivity contribution in [1.82, 2.24) is 0 Å². The zero-order chi connectivity index (χ0) is 27.3. The third-order valence-electron chi connectivity index (χ3n) is 6.04. The maximum Gasteiger partial charge on any atom is 0.249 e. The summed E-state index contributed by atoms with van der Waals surface area (Å²) in [6.45, 7) is 6.45. The van der Waals surface area contributed by atoms with Gasteiger partial charge in [-0.1, -0.05) is 91.0 Å². The van der Waals surface area contributed by atoms with Gasteiger partial charge < -0.3 is 28.0 Å². The van der Waals surface area contributed by atoms with Gasteiger partial charge in [0, 0.05) is 0 Å². The molecule has 3 aromatic carbocycles. The Morgan fingerprint density at radius 3 is 1.64 bits per heavy atom. The first kappa shape index (κ1) is 30.4. The van der Waals surface area contributed by atoms with Crippen LogP contribution in [0.1, 0.15) is 30.5 Å². The van der Waals surface area contributed by atoms with E-state index < -0.39 is 17.2 Å². The van der Waals surface area contributed by atoms with Crippen molar-refractivity contribution in [2.75, 3.05) is 19.8 Å². The average Bonchev–Trinajstić information content (AvgIpc) is 3.27. The first-order valence-corrected chi connectivity index (χ1v) is 17.4. The van der Waals surface area contributed by atoms with Gasteiger partial charge in [-0.05, 0) is 53.7 Å². The van der Waals surface area contributed by atoms with Gasteiger partial charge in [0.15, 0.2) is 0 Å². The summed E-state index contributed by atoms with van der Waals surface area (Å²) in [6.07, 6.45) is -1.15. The predicted molar refractivity (Wildman–Crippen MR) is 160 cm³/mol. The van der Waals surface area contributed by atoms with Crippen LogP contribution in [0, 0.1) is 0 Å². The fraction of sp³-hybridized carbons (Fsp3) is 0.400. The zero-order valence-corrected chi connectivity index (χ0v) is 25.0. The molecule has 0 N–H and O–H groups in total. The third-order valence-corrected chi connectivity index (χ3v) is 11.5. The molecule has 39 heavy (non-hydrogen) atoms. The highest BCUT2D eigenvalue weighted by Crippen LogP contribution is 2.64. The fourth-order valence-electron chi connectivity index (χ4n) is 4.23. The van der Waals surface area contributed by atoms with Crippen LogP contribution >= 0.6 is 17.1 Å². The number of hydrogen-bond donors (Lipinski definition) is 0. The Morgan fingerprint density at radius 2 is 1.15 bits per heavy atom. The van der Waals surface area contributed by atoms with Gasteiger partial charge in [0.25, 0.3) is 0 Å². The molecule has 0 aromatic heterocycles. The van der Waals surface area contributed by atoms with Gasteiger partial charge in [0.2, 0.25) is 5.69 Å². The molecule has 0 unspecified atom stereocenters. The second-order valence-corrected chi connectivity index (χ2v) is 15.3. The normalized spacial score (nSPS) is 21.3. The standard InChI is InChI=1S/C30H37O6PS2/c1-3-34-37(38,35-4-2)39-30-29(33-22-26-18-12-7-13-19-26)28(32-21-25-16-10-6-11-17-25)27(36-30)23-31-20-24-14-8-5-9-15-24/h5-19,27-30H,3-4,20-23H2,1-2H3/t27-,28-,29-,30-/m1/s1. The molecule has 210 valence electrons. The molecule has 0 spiro atoms. The summed E-state index contributed by atoms with van der Waals surface area (Å²) in [6, 6.07) is 30.3. The van der Waals surface area contributed by atoms with Crippen molar-refractivity contribution in [3.8, 4) is 0 Å². The summed E-state index contributed by atoms with van der Waals surface area (Å²) in [5.74, 6) is 0. The lowest BCUT2D eigenvalue weighted by Gasteiger charge is -2.27. The maximum absolute atomic E-state index is 6.58. The highest BCUT2D eigenvalue weighted by molar-refractivity contribution is 8.68. The Labute approximate surface area is 241 Å². The number of benzene rings is 3. The van der Waals surface area contributed by atoms with E-state index in [9.17, 15) is 0 Å². The monoisotopic (exact) mass is 588 g/mol. The van der Waals surface area contributed by atoms with Crippen LogP contribution in [0.25, 0.3) is 0 Å². The Kier molecular flexibility index (Phi) is 12.5. The third kappa shape index (κ3) is 9.49. The van der Waals surface area contributed by atoms with Crippen LogP contribution in [0.5, 0.6) is 0 Å². The molecule has 1 aliphatic heterocycles. The molecule has 0 bridgehead atoms. The highest BCUT2D eigenvalue weighted by atomic mass is 32.9. The topological polar surface area (TPSA) is 55.4 Å². The number of hydrogen-bond acceptors (Lipinski definition) is 8. The van der Waals surface area contributed by atoms with Gasteiger partial charge >= 0.3 is 0 Å².